The van der Waals surface area contributed by atoms with E-state index >= 15 is 0 Å². The number of nitrogens with zero attached hydrogens (tertiary/aromatic N) is 4. The zero-order valence-corrected chi connectivity index (χ0v) is 19.2. The van der Waals surface area contributed by atoms with Gasteiger partial charge < -0.3 is 0 Å². The van der Waals surface area contributed by atoms with Crippen molar-refractivity contribution >= 4 is 16.9 Å². The van der Waals surface area contributed by atoms with E-state index in [2.05, 4.69) is 0 Å². The van der Waals surface area contributed by atoms with E-state index in [1.165, 1.54) is 0 Å². The molecule has 2 aromatic heterocycles. The lowest BCUT2D eigenvalue weighted by molar-refractivity contribution is 0.103. The predicted octanol–water partition coefficient (Wildman–Crippen LogP) is 6.65. The molecule has 36 heavy (non-hydrogen) atoms. The number of carbonyl (C=O) groups excluding carboxylic acids is 1. The second-order valence-corrected chi connectivity index (χ2v) is 8.28. The molecule has 0 unspecified atom stereocenters. The van der Waals surface area contributed by atoms with Gasteiger partial charge in [0.25, 0.3) is 0 Å². The van der Waals surface area contributed by atoms with Crippen LogP contribution < -0.4 is 0 Å². The standard InChI is InChI=1S/C31H20N4O/c36-29(23-17-9-3-10-18-23)27-25(21-13-5-1-6-14-21)32-28-26(22-15-7-2-8-16-22)33-30(35-31(28)34-27)24-19-11-4-12-20-24/h1-20H. The van der Waals surface area contributed by atoms with Crippen molar-refractivity contribution < 1.29 is 4.79 Å². The summed E-state index contributed by atoms with van der Waals surface area (Å²) in [7, 11) is 0. The van der Waals surface area contributed by atoms with Crippen molar-refractivity contribution in [3.05, 3.63) is 133 Å². The van der Waals surface area contributed by atoms with Crippen LogP contribution in [0.25, 0.3) is 45.1 Å². The molecule has 2 heterocycles. The average Bonchev–Trinajstić information content (AvgIpc) is 2.97. The lowest BCUT2D eigenvalue weighted by atomic mass is 10.0. The highest BCUT2D eigenvalue weighted by atomic mass is 16.1. The van der Waals surface area contributed by atoms with Crippen LogP contribution in [0.5, 0.6) is 0 Å². The maximum Gasteiger partial charge on any atom is 0.213 e. The third-order valence-electron chi connectivity index (χ3n) is 5.91. The Hall–Kier alpha value is -5.03. The van der Waals surface area contributed by atoms with Crippen LogP contribution in [0, 0.1) is 0 Å². The number of hydrogen-bond acceptors (Lipinski definition) is 5. The van der Waals surface area contributed by atoms with Crippen LogP contribution in [0.1, 0.15) is 16.1 Å². The van der Waals surface area contributed by atoms with E-state index in [9.17, 15) is 4.79 Å². The van der Waals surface area contributed by atoms with Crippen molar-refractivity contribution in [1.82, 2.24) is 19.9 Å². The molecular weight excluding hydrogens is 444 g/mol. The third-order valence-corrected chi connectivity index (χ3v) is 5.91. The molecular formula is C31H20N4O. The third kappa shape index (κ3) is 4.03. The van der Waals surface area contributed by atoms with E-state index in [1.807, 2.05) is 109 Å². The van der Waals surface area contributed by atoms with Gasteiger partial charge in [-0.25, -0.2) is 19.9 Å². The second-order valence-electron chi connectivity index (χ2n) is 8.28. The van der Waals surface area contributed by atoms with E-state index in [1.54, 1.807) is 12.1 Å². The second kappa shape index (κ2) is 9.31. The average molecular weight is 465 g/mol. The molecule has 4 aromatic carbocycles. The van der Waals surface area contributed by atoms with Crippen LogP contribution in [-0.2, 0) is 0 Å². The van der Waals surface area contributed by atoms with Crippen molar-refractivity contribution in [2.24, 2.45) is 0 Å². The monoisotopic (exact) mass is 464 g/mol. The minimum atomic E-state index is -0.204. The summed E-state index contributed by atoms with van der Waals surface area (Å²) in [5.41, 5.74) is 5.47. The zero-order chi connectivity index (χ0) is 24.3. The Morgan fingerprint density at radius 3 is 1.56 bits per heavy atom. The molecule has 6 aromatic rings. The molecule has 0 bridgehead atoms. The van der Waals surface area contributed by atoms with Crippen LogP contribution in [-0.4, -0.2) is 25.7 Å². The Morgan fingerprint density at radius 1 is 0.472 bits per heavy atom. The van der Waals surface area contributed by atoms with Gasteiger partial charge in [-0.15, -0.1) is 0 Å². The van der Waals surface area contributed by atoms with Gasteiger partial charge in [0.15, 0.2) is 11.5 Å². The molecule has 0 spiro atoms. The van der Waals surface area contributed by atoms with Gasteiger partial charge in [0.05, 0.1) is 0 Å². The summed E-state index contributed by atoms with van der Waals surface area (Å²) in [6.07, 6.45) is 0. The van der Waals surface area contributed by atoms with E-state index < -0.39 is 0 Å². The Kier molecular flexibility index (Phi) is 5.56. The summed E-state index contributed by atoms with van der Waals surface area (Å²) in [6, 6.07) is 38.4. The number of benzene rings is 4. The SMILES string of the molecule is O=C(c1ccccc1)c1nc2nc(-c3ccccc3)nc(-c3ccccc3)c2nc1-c1ccccc1. The first-order valence-corrected chi connectivity index (χ1v) is 11.6. The topological polar surface area (TPSA) is 68.6 Å². The van der Waals surface area contributed by atoms with E-state index in [0.717, 1.165) is 16.7 Å². The van der Waals surface area contributed by atoms with Crippen molar-refractivity contribution in [2.45, 2.75) is 0 Å². The molecule has 5 nitrogen and oxygen atoms in total. The fourth-order valence-corrected chi connectivity index (χ4v) is 4.14. The molecule has 6 rings (SSSR count). The number of ketones is 1. The Labute approximate surface area is 208 Å². The summed E-state index contributed by atoms with van der Waals surface area (Å²) >= 11 is 0. The number of rotatable bonds is 5. The van der Waals surface area contributed by atoms with E-state index in [4.69, 9.17) is 19.9 Å². The molecule has 0 aliphatic carbocycles. The highest BCUT2D eigenvalue weighted by Gasteiger charge is 2.22. The Balaban J connectivity index is 1.67. The molecule has 0 N–H and O–H groups in total. The van der Waals surface area contributed by atoms with Crippen LogP contribution >= 0.6 is 0 Å². The predicted molar refractivity (Wildman–Crippen MR) is 141 cm³/mol. The number of fused-ring (bicyclic) bond motifs is 1. The van der Waals surface area contributed by atoms with Gasteiger partial charge in [0.2, 0.25) is 5.78 Å². The lowest BCUT2D eigenvalue weighted by Gasteiger charge is -2.13. The molecule has 0 aliphatic rings. The smallest absolute Gasteiger partial charge is 0.213 e. The highest BCUT2D eigenvalue weighted by Crippen LogP contribution is 2.31. The molecule has 0 aliphatic heterocycles. The number of aromatic nitrogens is 4. The molecule has 0 fully saturated rings. The molecule has 0 saturated heterocycles. The maximum atomic E-state index is 13.6. The first-order chi connectivity index (χ1) is 17.8. The Bertz CT molecular complexity index is 1670. The zero-order valence-electron chi connectivity index (χ0n) is 19.2. The van der Waals surface area contributed by atoms with Crippen LogP contribution in [0.4, 0.5) is 0 Å². The van der Waals surface area contributed by atoms with Gasteiger partial charge in [-0.3, -0.25) is 4.79 Å². The van der Waals surface area contributed by atoms with Gasteiger partial charge in [-0.1, -0.05) is 121 Å². The van der Waals surface area contributed by atoms with Crippen LogP contribution in [0.2, 0.25) is 0 Å². The highest BCUT2D eigenvalue weighted by molar-refractivity contribution is 6.12. The maximum absolute atomic E-state index is 13.6. The largest absolute Gasteiger partial charge is 0.287 e. The first-order valence-electron chi connectivity index (χ1n) is 11.6. The van der Waals surface area contributed by atoms with Crippen LogP contribution in [0.15, 0.2) is 121 Å². The van der Waals surface area contributed by atoms with E-state index in [-0.39, 0.29) is 11.5 Å². The summed E-state index contributed by atoms with van der Waals surface area (Å²) in [5, 5.41) is 0. The van der Waals surface area contributed by atoms with Gasteiger partial charge in [0, 0.05) is 22.3 Å². The Morgan fingerprint density at radius 2 is 0.972 bits per heavy atom. The van der Waals surface area contributed by atoms with Crippen molar-refractivity contribution in [1.29, 1.82) is 0 Å². The fraction of sp³-hybridized carbons (Fsp3) is 0. The van der Waals surface area contributed by atoms with Gasteiger partial charge >= 0.3 is 0 Å². The number of hydrogen-bond donors (Lipinski definition) is 0. The number of carbonyl (C=O) groups is 1. The molecule has 0 amide bonds. The van der Waals surface area contributed by atoms with Crippen molar-refractivity contribution in [3.8, 4) is 33.9 Å². The first kappa shape index (κ1) is 21.5. The quantitative estimate of drug-likeness (QED) is 0.267. The van der Waals surface area contributed by atoms with Gasteiger partial charge in [0.1, 0.15) is 22.6 Å². The molecule has 0 atom stereocenters. The minimum absolute atomic E-state index is 0.204. The molecule has 0 radical (unpaired) electrons. The molecule has 0 saturated carbocycles. The summed E-state index contributed by atoms with van der Waals surface area (Å²) < 4.78 is 0. The van der Waals surface area contributed by atoms with Gasteiger partial charge in [-0.05, 0) is 0 Å². The normalized spacial score (nSPS) is 10.9. The van der Waals surface area contributed by atoms with E-state index in [0.29, 0.717) is 33.9 Å². The minimum Gasteiger partial charge on any atom is -0.287 e. The fourth-order valence-electron chi connectivity index (χ4n) is 4.14. The summed E-state index contributed by atoms with van der Waals surface area (Å²) in [4.78, 5) is 33.2. The molecule has 5 heteroatoms. The lowest BCUT2D eigenvalue weighted by Crippen LogP contribution is -2.10. The summed E-state index contributed by atoms with van der Waals surface area (Å²) in [6.45, 7) is 0. The van der Waals surface area contributed by atoms with Crippen molar-refractivity contribution in [2.75, 3.05) is 0 Å². The van der Waals surface area contributed by atoms with Crippen LogP contribution in [0.3, 0.4) is 0 Å². The molecule has 170 valence electrons. The summed E-state index contributed by atoms with van der Waals surface area (Å²) in [5.74, 6) is 0.326. The van der Waals surface area contributed by atoms with Gasteiger partial charge in [-0.2, -0.15) is 0 Å². The van der Waals surface area contributed by atoms with Crippen molar-refractivity contribution in [3.63, 3.8) is 0 Å².